The summed E-state index contributed by atoms with van der Waals surface area (Å²) in [6.45, 7) is 4.58. The van der Waals surface area contributed by atoms with Crippen LogP contribution in [-0.4, -0.2) is 57.1 Å². The summed E-state index contributed by atoms with van der Waals surface area (Å²) in [5, 5.41) is -0.435. The molecule has 0 radical (unpaired) electrons. The van der Waals surface area contributed by atoms with E-state index in [1.54, 1.807) is 6.92 Å². The van der Waals surface area contributed by atoms with Gasteiger partial charge >= 0.3 is 11.9 Å². The minimum Gasteiger partial charge on any atom is -0.460 e. The highest BCUT2D eigenvalue weighted by molar-refractivity contribution is 7.87. The molecule has 9 heteroatoms. The van der Waals surface area contributed by atoms with Crippen molar-refractivity contribution in [3.63, 3.8) is 0 Å². The molecule has 134 valence electrons. The van der Waals surface area contributed by atoms with E-state index in [0.717, 1.165) is 12.5 Å². The molecule has 2 saturated carbocycles. The Hall–Kier alpha value is -1.45. The number of esters is 2. The van der Waals surface area contributed by atoms with E-state index in [1.807, 2.05) is 0 Å². The van der Waals surface area contributed by atoms with E-state index in [-0.39, 0.29) is 31.7 Å². The van der Waals surface area contributed by atoms with Crippen molar-refractivity contribution in [2.45, 2.75) is 36.7 Å². The van der Waals surface area contributed by atoms with Crippen LogP contribution in [0.1, 0.15) is 19.8 Å². The second-order valence-corrected chi connectivity index (χ2v) is 8.23. The van der Waals surface area contributed by atoms with Crippen molar-refractivity contribution in [1.82, 2.24) is 0 Å². The van der Waals surface area contributed by atoms with Crippen LogP contribution in [0.2, 0.25) is 0 Å². The topological polar surface area (TPSA) is 105 Å². The molecular formula is C15H20O8S. The minimum atomic E-state index is -3.52. The molecule has 3 rings (SSSR count). The fourth-order valence-electron chi connectivity index (χ4n) is 4.00. The Morgan fingerprint density at radius 1 is 1.29 bits per heavy atom. The van der Waals surface area contributed by atoms with Gasteiger partial charge in [-0.1, -0.05) is 6.58 Å². The van der Waals surface area contributed by atoms with Gasteiger partial charge in [0.15, 0.2) is 0 Å². The van der Waals surface area contributed by atoms with E-state index in [1.165, 1.54) is 0 Å². The third-order valence-corrected chi connectivity index (χ3v) is 6.94. The fraction of sp³-hybridized carbons (Fsp3) is 0.733. The van der Waals surface area contributed by atoms with Gasteiger partial charge in [-0.25, -0.2) is 9.59 Å². The van der Waals surface area contributed by atoms with E-state index in [4.69, 9.17) is 13.7 Å². The highest BCUT2D eigenvalue weighted by Crippen LogP contribution is 2.60. The molecule has 2 bridgehead atoms. The first-order chi connectivity index (χ1) is 11.3. The highest BCUT2D eigenvalue weighted by Gasteiger charge is 2.69. The van der Waals surface area contributed by atoms with Crippen molar-refractivity contribution in [1.29, 1.82) is 0 Å². The summed E-state index contributed by atoms with van der Waals surface area (Å²) in [5.41, 5.74) is -0.806. The molecule has 0 N–H and O–H groups in total. The molecule has 5 atom stereocenters. The van der Waals surface area contributed by atoms with Gasteiger partial charge in [0.1, 0.15) is 25.9 Å². The highest BCUT2D eigenvalue weighted by atomic mass is 32.2. The van der Waals surface area contributed by atoms with Crippen LogP contribution in [0.5, 0.6) is 0 Å². The number of rotatable bonds is 7. The van der Waals surface area contributed by atoms with Crippen LogP contribution >= 0.6 is 0 Å². The quantitative estimate of drug-likeness (QED) is 0.274. The van der Waals surface area contributed by atoms with Gasteiger partial charge in [0, 0.05) is 12.0 Å². The first-order valence-electron chi connectivity index (χ1n) is 7.79. The van der Waals surface area contributed by atoms with E-state index in [9.17, 15) is 18.0 Å². The lowest BCUT2D eigenvalue weighted by Gasteiger charge is -2.36. The van der Waals surface area contributed by atoms with Crippen molar-refractivity contribution >= 4 is 22.1 Å². The lowest BCUT2D eigenvalue weighted by Crippen LogP contribution is -2.48. The van der Waals surface area contributed by atoms with Gasteiger partial charge in [0.2, 0.25) is 0 Å². The molecule has 0 aromatic carbocycles. The van der Waals surface area contributed by atoms with Gasteiger partial charge in [-0.05, 0) is 25.7 Å². The lowest BCUT2D eigenvalue weighted by atomic mass is 9.83. The van der Waals surface area contributed by atoms with Crippen molar-refractivity contribution in [3.05, 3.63) is 12.7 Å². The molecule has 1 heterocycles. The van der Waals surface area contributed by atoms with Crippen molar-refractivity contribution in [3.8, 4) is 0 Å². The summed E-state index contributed by atoms with van der Waals surface area (Å²) in [6, 6.07) is 0. The molecule has 0 aromatic rings. The van der Waals surface area contributed by atoms with Crippen LogP contribution in [0.15, 0.2) is 12.7 Å². The van der Waals surface area contributed by atoms with Gasteiger partial charge < -0.3 is 14.2 Å². The smallest absolute Gasteiger partial charge is 0.332 e. The van der Waals surface area contributed by atoms with Gasteiger partial charge in [-0.2, -0.15) is 8.42 Å². The summed E-state index contributed by atoms with van der Waals surface area (Å²) in [7, 11) is -3.52. The molecule has 1 saturated heterocycles. The molecule has 2 aliphatic carbocycles. The van der Waals surface area contributed by atoms with E-state index >= 15 is 0 Å². The maximum absolute atomic E-state index is 11.9. The Morgan fingerprint density at radius 2 is 2.00 bits per heavy atom. The number of ether oxygens (including phenoxy) is 3. The van der Waals surface area contributed by atoms with Crippen LogP contribution in [0.3, 0.4) is 0 Å². The van der Waals surface area contributed by atoms with Crippen molar-refractivity contribution in [2.75, 3.05) is 19.8 Å². The largest absolute Gasteiger partial charge is 0.460 e. The first kappa shape index (κ1) is 17.4. The van der Waals surface area contributed by atoms with Gasteiger partial charge in [0.25, 0.3) is 10.1 Å². The molecule has 1 aliphatic heterocycles. The summed E-state index contributed by atoms with van der Waals surface area (Å²) in [6.07, 6.45) is 1.72. The van der Waals surface area contributed by atoms with Crippen LogP contribution in [0.25, 0.3) is 0 Å². The molecule has 0 aromatic heterocycles. The third kappa shape index (κ3) is 2.84. The van der Waals surface area contributed by atoms with Crippen molar-refractivity contribution < 1.29 is 36.4 Å². The summed E-state index contributed by atoms with van der Waals surface area (Å²) >= 11 is 0. The van der Waals surface area contributed by atoms with Crippen LogP contribution in [0.4, 0.5) is 0 Å². The summed E-state index contributed by atoms with van der Waals surface area (Å²) < 4.78 is 44.4. The predicted octanol–water partition coefficient (Wildman–Crippen LogP) is 0.171. The van der Waals surface area contributed by atoms with Crippen LogP contribution in [-0.2, 0) is 38.1 Å². The summed E-state index contributed by atoms with van der Waals surface area (Å²) in [5.74, 6) is -1.20. The maximum atomic E-state index is 11.9. The molecule has 0 spiro atoms. The average Bonchev–Trinajstić information content (AvgIpc) is 3.14. The Kier molecular flexibility index (Phi) is 4.43. The second-order valence-electron chi connectivity index (χ2n) is 6.44. The molecule has 5 unspecified atom stereocenters. The number of hydrogen-bond acceptors (Lipinski definition) is 8. The zero-order valence-electron chi connectivity index (χ0n) is 13.3. The maximum Gasteiger partial charge on any atom is 0.332 e. The summed E-state index contributed by atoms with van der Waals surface area (Å²) in [4.78, 5) is 22.6. The predicted molar refractivity (Wildman–Crippen MR) is 80.3 cm³/mol. The van der Waals surface area contributed by atoms with Gasteiger partial charge in [-0.3, -0.25) is 4.18 Å². The molecule has 3 fully saturated rings. The molecule has 8 nitrogen and oxygen atoms in total. The zero-order valence-corrected chi connectivity index (χ0v) is 14.1. The number of hydrogen-bond donors (Lipinski definition) is 0. The Bertz CT molecular complexity index is 656. The average molecular weight is 360 g/mol. The number of fused-ring (bicyclic) bond motifs is 1. The monoisotopic (exact) mass is 360 g/mol. The second kappa shape index (κ2) is 6.12. The van der Waals surface area contributed by atoms with Gasteiger partial charge in [-0.15, -0.1) is 0 Å². The number of carbonyl (C=O) groups is 2. The zero-order chi connectivity index (χ0) is 17.5. The van der Waals surface area contributed by atoms with Crippen molar-refractivity contribution in [2.24, 2.45) is 11.8 Å². The number of carbonyl (C=O) groups excluding carboxylic acids is 2. The van der Waals surface area contributed by atoms with Crippen LogP contribution in [0, 0.1) is 11.8 Å². The first-order valence-corrected chi connectivity index (χ1v) is 9.26. The van der Waals surface area contributed by atoms with E-state index in [0.29, 0.717) is 6.42 Å². The Balaban J connectivity index is 1.48. The standard InChI is InChI=1S/C15H20O8S/c1-3-12(16)20-4-5-21-13(17)8-22-15(2)9-6-10-11(7-9)24(18,19)23-14(10)15/h3,9-11,14H,1,4-8H2,2H3. The normalized spacial score (nSPS) is 38.0. The third-order valence-electron chi connectivity index (χ3n) is 5.18. The van der Waals surface area contributed by atoms with Crippen LogP contribution < -0.4 is 0 Å². The molecular weight excluding hydrogens is 340 g/mol. The molecule has 24 heavy (non-hydrogen) atoms. The van der Waals surface area contributed by atoms with E-state index in [2.05, 4.69) is 11.3 Å². The van der Waals surface area contributed by atoms with Gasteiger partial charge in [0.05, 0.1) is 10.9 Å². The van der Waals surface area contributed by atoms with E-state index < -0.39 is 39.0 Å². The fourth-order valence-corrected chi connectivity index (χ4v) is 5.92. The SMILES string of the molecule is C=CC(=O)OCCOC(=O)COC1(C)C2CC3C1OS(=O)(=O)C3C2. The Labute approximate surface area is 140 Å². The Morgan fingerprint density at radius 3 is 2.71 bits per heavy atom. The lowest BCUT2D eigenvalue weighted by molar-refractivity contribution is -0.168. The molecule has 0 amide bonds. The minimum absolute atomic E-state index is 0.0520. The molecule has 3 aliphatic rings.